The van der Waals surface area contributed by atoms with Crippen molar-refractivity contribution >= 4 is 17.2 Å². The molecule has 29 heavy (non-hydrogen) atoms. The Morgan fingerprint density at radius 1 is 1.28 bits per heavy atom. The summed E-state index contributed by atoms with van der Waals surface area (Å²) in [6.45, 7) is 11.1. The number of unbranched alkanes of at least 4 members (excludes halogenated alkanes) is 3. The van der Waals surface area contributed by atoms with Gasteiger partial charge in [-0.05, 0) is 61.8 Å². The summed E-state index contributed by atoms with van der Waals surface area (Å²) in [5.74, 6) is 1.66. The summed E-state index contributed by atoms with van der Waals surface area (Å²) >= 11 is 5.24. The van der Waals surface area contributed by atoms with Crippen molar-refractivity contribution in [3.8, 4) is 11.5 Å². The molecule has 1 aromatic rings. The predicted octanol–water partition coefficient (Wildman–Crippen LogP) is 6.52. The van der Waals surface area contributed by atoms with Gasteiger partial charge in [-0.25, -0.2) is 0 Å². The summed E-state index contributed by atoms with van der Waals surface area (Å²) < 4.78 is 6.49. The molecule has 0 saturated carbocycles. The third-order valence-corrected chi connectivity index (χ3v) is 7.32. The lowest BCUT2D eigenvalue weighted by Gasteiger charge is -2.47. The summed E-state index contributed by atoms with van der Waals surface area (Å²) in [4.78, 5) is 0.471. The van der Waals surface area contributed by atoms with Crippen molar-refractivity contribution in [1.29, 1.82) is 0 Å². The second kappa shape index (κ2) is 8.29. The molecule has 1 aliphatic heterocycles. The van der Waals surface area contributed by atoms with Gasteiger partial charge in [0.2, 0.25) is 0 Å². The number of benzene rings is 1. The zero-order valence-corrected chi connectivity index (χ0v) is 19.5. The molecule has 0 bridgehead atoms. The fourth-order valence-corrected chi connectivity index (χ4v) is 5.29. The van der Waals surface area contributed by atoms with Gasteiger partial charge >= 0.3 is 0 Å². The van der Waals surface area contributed by atoms with Crippen LogP contribution in [-0.4, -0.2) is 15.7 Å². The highest BCUT2D eigenvalue weighted by Crippen LogP contribution is 2.55. The lowest BCUT2D eigenvalue weighted by Crippen LogP contribution is -2.46. The maximum absolute atomic E-state index is 11.1. The number of aromatic hydroxyl groups is 1. The van der Waals surface area contributed by atoms with Crippen LogP contribution in [0.2, 0.25) is 0 Å². The van der Waals surface area contributed by atoms with E-state index in [0.29, 0.717) is 16.7 Å². The highest BCUT2D eigenvalue weighted by molar-refractivity contribution is 7.80. The molecule has 0 aromatic heterocycles. The molecular weight excluding hydrogens is 378 g/mol. The number of rotatable bonds is 7. The van der Waals surface area contributed by atoms with Crippen molar-refractivity contribution in [3.63, 3.8) is 0 Å². The fraction of sp³-hybridized carbons (Fsp3) is 0.640. The summed E-state index contributed by atoms with van der Waals surface area (Å²) in [5, 5.41) is 11.1. The highest BCUT2D eigenvalue weighted by atomic mass is 32.1. The molecule has 0 spiro atoms. The number of fused-ring (bicyclic) bond motifs is 3. The number of ether oxygens (including phenoxy) is 1. The molecule has 1 aliphatic carbocycles. The van der Waals surface area contributed by atoms with Gasteiger partial charge in [0, 0.05) is 17.4 Å². The van der Waals surface area contributed by atoms with Crippen molar-refractivity contribution in [1.82, 2.24) is 0 Å². The third kappa shape index (κ3) is 4.47. The Balaban J connectivity index is 1.95. The van der Waals surface area contributed by atoms with Crippen LogP contribution in [0.25, 0.3) is 0 Å². The fourth-order valence-electron chi connectivity index (χ4n) is 5.13. The Labute approximate surface area is 181 Å². The summed E-state index contributed by atoms with van der Waals surface area (Å²) in [5.41, 5.74) is 8.75. The van der Waals surface area contributed by atoms with Crippen LogP contribution in [-0.2, 0) is 5.41 Å². The van der Waals surface area contributed by atoms with E-state index >= 15 is 0 Å². The largest absolute Gasteiger partial charge is 0.508 e. The number of hydrogen-bond donors (Lipinski definition) is 2. The van der Waals surface area contributed by atoms with Crippen LogP contribution in [0.3, 0.4) is 0 Å². The van der Waals surface area contributed by atoms with E-state index in [4.69, 9.17) is 22.7 Å². The number of allylic oxidation sites excluding steroid dienone is 1. The van der Waals surface area contributed by atoms with Gasteiger partial charge < -0.3 is 15.6 Å². The molecule has 2 atom stereocenters. The Kier molecular flexibility index (Phi) is 6.33. The molecule has 0 amide bonds. The minimum atomic E-state index is -0.299. The molecule has 3 nitrogen and oxygen atoms in total. The number of phenols is 1. The van der Waals surface area contributed by atoms with Gasteiger partial charge in [0.05, 0.1) is 4.99 Å². The standard InChI is InChI=1S/C25H37NO2S/c1-6-7-8-9-12-24(2,3)17-14-20(27)22-18-13-16(23(26)29)10-11-19(18)25(4,5)28-21(22)15-17/h10,14-15,18-19,27H,6-9,11-13H2,1-5H3,(H2,26,29). The second-order valence-corrected chi connectivity index (χ2v) is 10.5. The zero-order chi connectivity index (χ0) is 21.4. The molecule has 2 aliphatic rings. The predicted molar refractivity (Wildman–Crippen MR) is 125 cm³/mol. The molecule has 160 valence electrons. The van der Waals surface area contributed by atoms with E-state index in [0.717, 1.165) is 41.7 Å². The van der Waals surface area contributed by atoms with E-state index < -0.39 is 0 Å². The van der Waals surface area contributed by atoms with Crippen LogP contribution in [0.1, 0.15) is 96.6 Å². The minimum absolute atomic E-state index is 0.00105. The average Bonchev–Trinajstić information content (AvgIpc) is 2.64. The van der Waals surface area contributed by atoms with E-state index in [9.17, 15) is 5.11 Å². The first-order chi connectivity index (χ1) is 13.6. The SMILES string of the molecule is CCCCCCC(C)(C)c1cc(O)c2c(c1)OC(C)(C)C1CC=C(C(N)=S)CC21. The van der Waals surface area contributed by atoms with Gasteiger partial charge in [-0.15, -0.1) is 0 Å². The van der Waals surface area contributed by atoms with Gasteiger partial charge in [-0.1, -0.05) is 64.7 Å². The lowest BCUT2D eigenvalue weighted by atomic mass is 9.66. The summed E-state index contributed by atoms with van der Waals surface area (Å²) in [6, 6.07) is 4.14. The number of phenolic OH excluding ortho intramolecular Hbond substituents is 1. The van der Waals surface area contributed by atoms with Crippen molar-refractivity contribution in [2.24, 2.45) is 11.7 Å². The first-order valence-electron chi connectivity index (χ1n) is 11.1. The van der Waals surface area contributed by atoms with Crippen molar-refractivity contribution in [2.45, 2.75) is 96.5 Å². The molecule has 4 heteroatoms. The first-order valence-corrected chi connectivity index (χ1v) is 11.5. The maximum atomic E-state index is 11.1. The lowest BCUT2D eigenvalue weighted by molar-refractivity contribution is 0.00784. The Morgan fingerprint density at radius 2 is 2.00 bits per heavy atom. The number of nitrogens with two attached hydrogens (primary N) is 1. The van der Waals surface area contributed by atoms with E-state index in [-0.39, 0.29) is 16.9 Å². The van der Waals surface area contributed by atoms with Crippen LogP contribution in [0.5, 0.6) is 11.5 Å². The number of thiocarbonyl (C=S) groups is 1. The molecule has 1 heterocycles. The molecule has 0 radical (unpaired) electrons. The highest BCUT2D eigenvalue weighted by Gasteiger charge is 2.46. The normalized spacial score (nSPS) is 22.9. The molecule has 2 unspecified atom stereocenters. The van der Waals surface area contributed by atoms with Gasteiger partial charge in [0.25, 0.3) is 0 Å². The third-order valence-electron chi connectivity index (χ3n) is 7.05. The molecule has 0 fully saturated rings. The van der Waals surface area contributed by atoms with E-state index in [1.54, 1.807) is 0 Å². The molecule has 3 N–H and O–H groups in total. The van der Waals surface area contributed by atoms with Crippen LogP contribution >= 0.6 is 12.2 Å². The van der Waals surface area contributed by atoms with Crippen LogP contribution in [0.15, 0.2) is 23.8 Å². The van der Waals surface area contributed by atoms with E-state index in [1.165, 1.54) is 25.7 Å². The minimum Gasteiger partial charge on any atom is -0.508 e. The smallest absolute Gasteiger partial charge is 0.127 e. The monoisotopic (exact) mass is 415 g/mol. The van der Waals surface area contributed by atoms with Gasteiger partial charge in [0.1, 0.15) is 17.1 Å². The van der Waals surface area contributed by atoms with Crippen LogP contribution in [0.4, 0.5) is 0 Å². The Morgan fingerprint density at radius 3 is 2.66 bits per heavy atom. The maximum Gasteiger partial charge on any atom is 0.127 e. The molecular formula is C25H37NO2S. The van der Waals surface area contributed by atoms with Crippen LogP contribution in [0, 0.1) is 5.92 Å². The van der Waals surface area contributed by atoms with E-state index in [2.05, 4.69) is 46.8 Å². The van der Waals surface area contributed by atoms with Gasteiger partial charge in [-0.2, -0.15) is 0 Å². The summed E-state index contributed by atoms with van der Waals surface area (Å²) in [6.07, 6.45) is 9.90. The molecule has 0 saturated heterocycles. The first kappa shape index (κ1) is 22.1. The Bertz CT molecular complexity index is 809. The number of hydrogen-bond acceptors (Lipinski definition) is 3. The summed E-state index contributed by atoms with van der Waals surface area (Å²) in [7, 11) is 0. The van der Waals surface area contributed by atoms with Gasteiger partial charge in [0.15, 0.2) is 0 Å². The second-order valence-electron chi connectivity index (χ2n) is 10.1. The molecule has 3 rings (SSSR count). The van der Waals surface area contributed by atoms with Gasteiger partial charge in [-0.3, -0.25) is 0 Å². The molecule has 1 aromatic carbocycles. The van der Waals surface area contributed by atoms with Crippen LogP contribution < -0.4 is 10.5 Å². The van der Waals surface area contributed by atoms with Crippen molar-refractivity contribution < 1.29 is 9.84 Å². The van der Waals surface area contributed by atoms with Crippen molar-refractivity contribution in [2.75, 3.05) is 0 Å². The quantitative estimate of drug-likeness (QED) is 0.393. The van der Waals surface area contributed by atoms with E-state index in [1.807, 2.05) is 6.07 Å². The Hall–Kier alpha value is -1.55. The topological polar surface area (TPSA) is 55.5 Å². The zero-order valence-electron chi connectivity index (χ0n) is 18.7. The van der Waals surface area contributed by atoms with Crippen molar-refractivity contribution in [3.05, 3.63) is 34.9 Å². The average molecular weight is 416 g/mol.